The van der Waals surface area contributed by atoms with Crippen molar-refractivity contribution in [2.24, 2.45) is 0 Å². The molecule has 0 heterocycles. The summed E-state index contributed by atoms with van der Waals surface area (Å²) in [5, 5.41) is 5.74. The Balaban J connectivity index is 2.70. The Bertz CT molecular complexity index is 462. The van der Waals surface area contributed by atoms with Gasteiger partial charge in [0.2, 0.25) is 0 Å². The zero-order valence-electron chi connectivity index (χ0n) is 13.3. The molecule has 0 atom stereocenters. The largest absolute Gasteiger partial charge is 0.496 e. The van der Waals surface area contributed by atoms with Crippen LogP contribution in [0.2, 0.25) is 0 Å². The molecule has 0 aliphatic heterocycles. The summed E-state index contributed by atoms with van der Waals surface area (Å²) in [7, 11) is 1.68. The zero-order valence-corrected chi connectivity index (χ0v) is 13.3. The number of amides is 2. The Morgan fingerprint density at radius 3 is 2.45 bits per heavy atom. The summed E-state index contributed by atoms with van der Waals surface area (Å²) in [5.74, 6) is 1.27. The fraction of sp³-hybridized carbons (Fsp3) is 0.562. The van der Waals surface area contributed by atoms with Crippen LogP contribution in [-0.2, 0) is 6.54 Å². The number of carbonyl (C=O) groups excluding carboxylic acids is 1. The number of hydrogen-bond acceptors (Lipinski definition) is 2. The topological polar surface area (TPSA) is 50.4 Å². The number of hydrogen-bond donors (Lipinski definition) is 2. The van der Waals surface area contributed by atoms with Crippen molar-refractivity contribution >= 4 is 6.03 Å². The molecule has 0 unspecified atom stereocenters. The number of benzene rings is 1. The third-order valence-electron chi connectivity index (χ3n) is 2.86. The average molecular weight is 278 g/mol. The van der Waals surface area contributed by atoms with Crippen molar-refractivity contribution in [3.8, 4) is 5.75 Å². The lowest BCUT2D eigenvalue weighted by molar-refractivity contribution is 0.231. The second kappa shape index (κ2) is 6.64. The maximum atomic E-state index is 11.7. The van der Waals surface area contributed by atoms with Gasteiger partial charge in [-0.2, -0.15) is 0 Å². The first-order chi connectivity index (χ1) is 9.23. The van der Waals surface area contributed by atoms with Crippen molar-refractivity contribution < 1.29 is 9.53 Å². The highest BCUT2D eigenvalue weighted by molar-refractivity contribution is 5.74. The van der Waals surface area contributed by atoms with Gasteiger partial charge in [0, 0.05) is 12.1 Å². The monoisotopic (exact) mass is 278 g/mol. The highest BCUT2D eigenvalue weighted by Gasteiger charge is 2.13. The van der Waals surface area contributed by atoms with Crippen molar-refractivity contribution in [2.45, 2.75) is 52.6 Å². The lowest BCUT2D eigenvalue weighted by Gasteiger charge is -2.21. The molecule has 2 N–H and O–H groups in total. The van der Waals surface area contributed by atoms with Gasteiger partial charge < -0.3 is 15.4 Å². The van der Waals surface area contributed by atoms with Gasteiger partial charge in [-0.3, -0.25) is 0 Å². The van der Waals surface area contributed by atoms with Crippen molar-refractivity contribution in [3.05, 3.63) is 29.3 Å². The van der Waals surface area contributed by atoms with Crippen LogP contribution in [0.4, 0.5) is 4.79 Å². The van der Waals surface area contributed by atoms with Crippen LogP contribution in [0, 0.1) is 0 Å². The molecular weight excluding hydrogens is 252 g/mol. The lowest BCUT2D eigenvalue weighted by atomic mass is 9.99. The molecule has 112 valence electrons. The second-order valence-corrected chi connectivity index (χ2v) is 6.29. The minimum absolute atomic E-state index is 0.153. The molecule has 1 rings (SSSR count). The molecule has 0 aromatic heterocycles. The van der Waals surface area contributed by atoms with Gasteiger partial charge in [-0.1, -0.05) is 26.0 Å². The van der Waals surface area contributed by atoms with E-state index in [9.17, 15) is 4.79 Å². The molecule has 1 aromatic rings. The van der Waals surface area contributed by atoms with E-state index in [0.29, 0.717) is 12.5 Å². The second-order valence-electron chi connectivity index (χ2n) is 6.29. The molecule has 4 heteroatoms. The van der Waals surface area contributed by atoms with E-state index in [1.807, 2.05) is 32.9 Å². The number of nitrogens with one attached hydrogen (secondary N) is 2. The van der Waals surface area contributed by atoms with Gasteiger partial charge in [-0.25, -0.2) is 4.79 Å². The first-order valence-electron chi connectivity index (χ1n) is 6.96. The third-order valence-corrected chi connectivity index (χ3v) is 2.86. The van der Waals surface area contributed by atoms with E-state index in [1.165, 1.54) is 0 Å². The molecule has 0 saturated heterocycles. The van der Waals surface area contributed by atoms with Crippen LogP contribution in [0.3, 0.4) is 0 Å². The molecule has 0 fully saturated rings. The predicted octanol–water partition coefficient (Wildman–Crippen LogP) is 3.42. The SMILES string of the molecule is COc1ccc(CNC(=O)NC(C)(C)C)cc1C(C)C. The lowest BCUT2D eigenvalue weighted by Crippen LogP contribution is -2.46. The normalized spacial score (nSPS) is 11.3. The van der Waals surface area contributed by atoms with E-state index in [0.717, 1.165) is 16.9 Å². The Morgan fingerprint density at radius 1 is 1.30 bits per heavy atom. The fourth-order valence-electron chi connectivity index (χ4n) is 1.91. The number of urea groups is 1. The van der Waals surface area contributed by atoms with E-state index in [-0.39, 0.29) is 11.6 Å². The summed E-state index contributed by atoms with van der Waals surface area (Å²) < 4.78 is 5.35. The molecule has 0 bridgehead atoms. The zero-order chi connectivity index (χ0) is 15.3. The molecule has 0 aliphatic rings. The van der Waals surface area contributed by atoms with Gasteiger partial charge in [0.25, 0.3) is 0 Å². The summed E-state index contributed by atoms with van der Waals surface area (Å²) in [6.07, 6.45) is 0. The van der Waals surface area contributed by atoms with Crippen LogP contribution in [-0.4, -0.2) is 18.7 Å². The van der Waals surface area contributed by atoms with Gasteiger partial charge in [0.05, 0.1) is 7.11 Å². The molecule has 20 heavy (non-hydrogen) atoms. The van der Waals surface area contributed by atoms with Crippen LogP contribution in [0.15, 0.2) is 18.2 Å². The van der Waals surface area contributed by atoms with Crippen LogP contribution in [0.1, 0.15) is 51.7 Å². The van der Waals surface area contributed by atoms with E-state index >= 15 is 0 Å². The predicted molar refractivity (Wildman–Crippen MR) is 82.2 cm³/mol. The quantitative estimate of drug-likeness (QED) is 0.886. The van der Waals surface area contributed by atoms with Crippen LogP contribution < -0.4 is 15.4 Å². The van der Waals surface area contributed by atoms with Gasteiger partial charge in [0.15, 0.2) is 0 Å². The first kappa shape index (κ1) is 16.3. The van der Waals surface area contributed by atoms with Crippen LogP contribution in [0.25, 0.3) is 0 Å². The van der Waals surface area contributed by atoms with E-state index in [1.54, 1.807) is 7.11 Å². The summed E-state index contributed by atoms with van der Waals surface area (Å²) in [4.78, 5) is 11.7. The van der Waals surface area contributed by atoms with Gasteiger partial charge in [0.1, 0.15) is 5.75 Å². The first-order valence-corrected chi connectivity index (χ1v) is 6.96. The van der Waals surface area contributed by atoms with E-state index < -0.39 is 0 Å². The average Bonchev–Trinajstić information content (AvgIpc) is 2.33. The minimum Gasteiger partial charge on any atom is -0.496 e. The molecular formula is C16H26N2O2. The highest BCUT2D eigenvalue weighted by atomic mass is 16.5. The smallest absolute Gasteiger partial charge is 0.315 e. The maximum Gasteiger partial charge on any atom is 0.315 e. The summed E-state index contributed by atoms with van der Waals surface area (Å²) in [6.45, 7) is 10.6. The Kier molecular flexibility index (Phi) is 5.43. The van der Waals surface area contributed by atoms with Crippen molar-refractivity contribution in [1.29, 1.82) is 0 Å². The Hall–Kier alpha value is -1.71. The molecule has 0 spiro atoms. The molecule has 4 nitrogen and oxygen atoms in total. The van der Waals surface area contributed by atoms with Crippen molar-refractivity contribution in [1.82, 2.24) is 10.6 Å². The number of ether oxygens (including phenoxy) is 1. The van der Waals surface area contributed by atoms with Gasteiger partial charge >= 0.3 is 6.03 Å². The Morgan fingerprint density at radius 2 is 1.95 bits per heavy atom. The van der Waals surface area contributed by atoms with E-state index in [4.69, 9.17) is 4.74 Å². The van der Waals surface area contributed by atoms with Crippen LogP contribution in [0.5, 0.6) is 5.75 Å². The molecule has 0 saturated carbocycles. The highest BCUT2D eigenvalue weighted by Crippen LogP contribution is 2.27. The number of carbonyl (C=O) groups is 1. The van der Waals surface area contributed by atoms with Gasteiger partial charge in [-0.05, 0) is 43.9 Å². The van der Waals surface area contributed by atoms with Crippen molar-refractivity contribution in [2.75, 3.05) is 7.11 Å². The third kappa shape index (κ3) is 5.11. The standard InChI is InChI=1S/C16H26N2O2/c1-11(2)13-9-12(7-8-14(13)20-6)10-17-15(19)18-16(3,4)5/h7-9,11H,10H2,1-6H3,(H2,17,18,19). The number of rotatable bonds is 4. The van der Waals surface area contributed by atoms with E-state index in [2.05, 4.69) is 30.5 Å². The summed E-state index contributed by atoms with van der Waals surface area (Å²) in [5.41, 5.74) is 1.99. The number of methoxy groups -OCH3 is 1. The molecule has 0 aliphatic carbocycles. The summed E-state index contributed by atoms with van der Waals surface area (Å²) in [6, 6.07) is 5.86. The molecule has 2 amide bonds. The molecule has 1 aromatic carbocycles. The minimum atomic E-state index is -0.229. The Labute approximate surface area is 121 Å². The molecule has 0 radical (unpaired) electrons. The van der Waals surface area contributed by atoms with Crippen molar-refractivity contribution in [3.63, 3.8) is 0 Å². The fourth-order valence-corrected chi connectivity index (χ4v) is 1.91. The van der Waals surface area contributed by atoms with Crippen LogP contribution >= 0.6 is 0 Å². The summed E-state index contributed by atoms with van der Waals surface area (Å²) >= 11 is 0. The van der Waals surface area contributed by atoms with Gasteiger partial charge in [-0.15, -0.1) is 0 Å². The maximum absolute atomic E-state index is 11.7.